The minimum absolute atomic E-state index is 0.0427. The lowest BCUT2D eigenvalue weighted by Crippen LogP contribution is -2.14. The second kappa shape index (κ2) is 6.35. The largest absolute Gasteiger partial charge is 0.393 e. The van der Waals surface area contributed by atoms with Crippen LogP contribution in [0.5, 0.6) is 0 Å². The van der Waals surface area contributed by atoms with Gasteiger partial charge in [-0.1, -0.05) is 11.6 Å². The summed E-state index contributed by atoms with van der Waals surface area (Å²) in [6.45, 7) is 4.56. The van der Waals surface area contributed by atoms with Crippen molar-refractivity contribution >= 4 is 29.3 Å². The van der Waals surface area contributed by atoms with Crippen LogP contribution in [0.15, 0.2) is 10.6 Å². The molecule has 0 radical (unpaired) electrons. The van der Waals surface area contributed by atoms with Gasteiger partial charge in [0.25, 0.3) is 0 Å². The summed E-state index contributed by atoms with van der Waals surface area (Å²) in [6.07, 6.45) is -0.423. The zero-order chi connectivity index (χ0) is 12.0. The first-order chi connectivity index (χ1) is 6.82. The van der Waals surface area contributed by atoms with Gasteiger partial charge in [0.15, 0.2) is 0 Å². The summed E-state index contributed by atoms with van der Waals surface area (Å²) < 4.78 is 4.39. The van der Waals surface area contributed by atoms with E-state index in [1.54, 1.807) is 13.8 Å². The molecule has 0 bridgehead atoms. The maximum atomic E-state index is 11.1. The first-order valence-electron chi connectivity index (χ1n) is 4.37. The predicted molar refractivity (Wildman–Crippen MR) is 55.2 cm³/mol. The van der Waals surface area contributed by atoms with Crippen LogP contribution in [0, 0.1) is 0 Å². The Hall–Kier alpha value is -1.16. The van der Waals surface area contributed by atoms with Crippen LogP contribution in [0.1, 0.15) is 33.6 Å². The van der Waals surface area contributed by atoms with E-state index in [1.165, 1.54) is 6.92 Å². The number of esters is 2. The van der Waals surface area contributed by atoms with Crippen LogP contribution in [0.4, 0.5) is 0 Å². The number of hydrogen-bond acceptors (Lipinski definition) is 4. The number of carbonyl (C=O) groups is 3. The fourth-order valence-electron chi connectivity index (χ4n) is 0.741. The molecule has 0 aliphatic carbocycles. The fraction of sp³-hybridized carbons (Fsp3) is 0.500. The number of halogens is 1. The molecule has 84 valence electrons. The molecule has 0 amide bonds. The number of hydrogen-bond donors (Lipinski definition) is 0. The smallest absolute Gasteiger partial charge is 0.320 e. The van der Waals surface area contributed by atoms with E-state index < -0.39 is 11.9 Å². The highest BCUT2D eigenvalue weighted by Crippen LogP contribution is 2.12. The molecule has 0 aliphatic rings. The number of allylic oxidation sites excluding steroid dienone is 1. The Morgan fingerprint density at radius 1 is 1.00 bits per heavy atom. The van der Waals surface area contributed by atoms with Gasteiger partial charge in [0, 0.05) is 5.03 Å². The van der Waals surface area contributed by atoms with Gasteiger partial charge in [-0.3, -0.25) is 14.4 Å². The van der Waals surface area contributed by atoms with Gasteiger partial charge >= 0.3 is 11.9 Å². The maximum absolute atomic E-state index is 11.1. The number of ether oxygens (including phenoxy) is 1. The molecule has 0 aromatic carbocycles. The highest BCUT2D eigenvalue weighted by molar-refractivity contribution is 6.29. The minimum atomic E-state index is -0.826. The van der Waals surface area contributed by atoms with Crippen molar-refractivity contribution in [1.82, 2.24) is 0 Å². The first-order valence-corrected chi connectivity index (χ1v) is 4.75. The van der Waals surface area contributed by atoms with E-state index in [4.69, 9.17) is 11.6 Å². The second-order valence-corrected chi connectivity index (χ2v) is 3.78. The van der Waals surface area contributed by atoms with Crippen LogP contribution >= 0.6 is 11.6 Å². The summed E-state index contributed by atoms with van der Waals surface area (Å²) in [4.78, 5) is 32.5. The summed E-state index contributed by atoms with van der Waals surface area (Å²) in [5.74, 6) is -1.86. The Morgan fingerprint density at radius 2 is 1.47 bits per heavy atom. The van der Waals surface area contributed by atoms with Crippen molar-refractivity contribution < 1.29 is 19.1 Å². The molecular formula is C10H13ClO4. The van der Waals surface area contributed by atoms with Gasteiger partial charge in [-0.15, -0.1) is 0 Å². The molecule has 0 heterocycles. The topological polar surface area (TPSA) is 60.4 Å². The molecule has 0 fully saturated rings. The molecule has 0 aromatic heterocycles. The molecule has 0 aromatic rings. The van der Waals surface area contributed by atoms with Crippen molar-refractivity contribution in [1.29, 1.82) is 0 Å². The van der Waals surface area contributed by atoms with Gasteiger partial charge in [-0.25, -0.2) is 0 Å². The van der Waals surface area contributed by atoms with E-state index >= 15 is 0 Å². The quantitative estimate of drug-likeness (QED) is 0.549. The monoisotopic (exact) mass is 232 g/mol. The van der Waals surface area contributed by atoms with Crippen molar-refractivity contribution in [2.24, 2.45) is 0 Å². The summed E-state index contributed by atoms with van der Waals surface area (Å²) in [6, 6.07) is 0. The molecule has 5 heteroatoms. The SMILES string of the molecule is CC(=O)CC(=O)OC(=O)CC(C)=C(C)Cl. The number of Topliss-reactive ketones (excluding diaryl/α,β-unsaturated/α-hetero) is 1. The summed E-state index contributed by atoms with van der Waals surface area (Å²) >= 11 is 5.63. The fourth-order valence-corrected chi connectivity index (χ4v) is 0.808. The number of carbonyl (C=O) groups excluding carboxylic acids is 3. The van der Waals surface area contributed by atoms with Crippen molar-refractivity contribution in [2.75, 3.05) is 0 Å². The first kappa shape index (κ1) is 13.8. The summed E-state index contributed by atoms with van der Waals surface area (Å²) in [5, 5.41) is 0.492. The summed E-state index contributed by atoms with van der Waals surface area (Å²) in [7, 11) is 0. The van der Waals surface area contributed by atoms with Crippen molar-refractivity contribution in [3.05, 3.63) is 10.6 Å². The van der Waals surface area contributed by atoms with Crippen LogP contribution < -0.4 is 0 Å². The van der Waals surface area contributed by atoms with Gasteiger partial charge in [0.2, 0.25) is 0 Å². The predicted octanol–water partition coefficient (Wildman–Crippen LogP) is 1.96. The van der Waals surface area contributed by atoms with Crippen LogP contribution in [-0.2, 0) is 19.1 Å². The third-order valence-corrected chi connectivity index (χ3v) is 1.94. The van der Waals surface area contributed by atoms with Crippen molar-refractivity contribution in [3.8, 4) is 0 Å². The molecule has 0 saturated heterocycles. The average molecular weight is 233 g/mol. The lowest BCUT2D eigenvalue weighted by Gasteiger charge is -2.02. The Labute approximate surface area is 93.2 Å². The van der Waals surface area contributed by atoms with Gasteiger partial charge < -0.3 is 4.74 Å². The number of ketones is 1. The molecule has 0 N–H and O–H groups in total. The third kappa shape index (κ3) is 6.85. The van der Waals surface area contributed by atoms with E-state index in [-0.39, 0.29) is 18.6 Å². The van der Waals surface area contributed by atoms with E-state index in [0.717, 1.165) is 0 Å². The third-order valence-electron chi connectivity index (χ3n) is 1.62. The highest BCUT2D eigenvalue weighted by atomic mass is 35.5. The van der Waals surface area contributed by atoms with E-state index in [2.05, 4.69) is 4.74 Å². The van der Waals surface area contributed by atoms with Crippen molar-refractivity contribution in [2.45, 2.75) is 33.6 Å². The maximum Gasteiger partial charge on any atom is 0.320 e. The molecule has 0 aliphatic heterocycles. The Bertz CT molecular complexity index is 313. The molecule has 0 spiro atoms. The Kier molecular flexibility index (Phi) is 5.86. The standard InChI is InChI=1S/C10H13ClO4/c1-6(8(3)11)4-9(13)15-10(14)5-7(2)12/h4-5H2,1-3H3. The van der Waals surface area contributed by atoms with Gasteiger partial charge in [-0.05, 0) is 26.3 Å². The van der Waals surface area contributed by atoms with Crippen molar-refractivity contribution in [3.63, 3.8) is 0 Å². The molecule has 0 rings (SSSR count). The zero-order valence-corrected chi connectivity index (χ0v) is 9.68. The molecule has 15 heavy (non-hydrogen) atoms. The molecule has 4 nitrogen and oxygen atoms in total. The zero-order valence-electron chi connectivity index (χ0n) is 8.93. The second-order valence-electron chi connectivity index (χ2n) is 3.22. The van der Waals surface area contributed by atoms with Gasteiger partial charge in [-0.2, -0.15) is 0 Å². The summed E-state index contributed by atoms with van der Waals surface area (Å²) in [5.41, 5.74) is 0.636. The van der Waals surface area contributed by atoms with Gasteiger partial charge in [0.1, 0.15) is 12.2 Å². The number of rotatable bonds is 4. The molecule has 0 saturated carbocycles. The van der Waals surface area contributed by atoms with Crippen LogP contribution in [0.2, 0.25) is 0 Å². The van der Waals surface area contributed by atoms with E-state index in [1.807, 2.05) is 0 Å². The van der Waals surface area contributed by atoms with E-state index in [0.29, 0.717) is 10.6 Å². The lowest BCUT2D eigenvalue weighted by molar-refractivity contribution is -0.159. The van der Waals surface area contributed by atoms with Crippen LogP contribution in [0.3, 0.4) is 0 Å². The minimum Gasteiger partial charge on any atom is -0.393 e. The molecule has 0 atom stereocenters. The Balaban J connectivity index is 4.11. The molecular weight excluding hydrogens is 220 g/mol. The lowest BCUT2D eigenvalue weighted by atomic mass is 10.2. The van der Waals surface area contributed by atoms with Gasteiger partial charge in [0.05, 0.1) is 6.42 Å². The highest BCUT2D eigenvalue weighted by Gasteiger charge is 2.13. The molecule has 0 unspecified atom stereocenters. The average Bonchev–Trinajstić information content (AvgIpc) is 2.00. The van der Waals surface area contributed by atoms with Crippen LogP contribution in [0.25, 0.3) is 0 Å². The van der Waals surface area contributed by atoms with Crippen LogP contribution in [-0.4, -0.2) is 17.7 Å². The Morgan fingerprint density at radius 3 is 1.87 bits per heavy atom. The van der Waals surface area contributed by atoms with E-state index in [9.17, 15) is 14.4 Å². The normalized spacial score (nSPS) is 11.7.